The highest BCUT2D eigenvalue weighted by atomic mass is 32.1. The molecule has 1 aliphatic carbocycles. The molecule has 10 amide bonds. The van der Waals surface area contributed by atoms with E-state index in [0.717, 1.165) is 10.5 Å². The molecule has 3 aliphatic heterocycles. The number of esters is 1. The number of amides is 10. The van der Waals surface area contributed by atoms with Gasteiger partial charge in [-0.05, 0) is 55.9 Å². The average Bonchev–Trinajstić information content (AvgIpc) is 1.63. The van der Waals surface area contributed by atoms with Gasteiger partial charge >= 0.3 is 5.97 Å². The molecule has 30 nitrogen and oxygen atoms in total. The predicted octanol–water partition coefficient (Wildman–Crippen LogP) is -2.27. The van der Waals surface area contributed by atoms with Crippen molar-refractivity contribution in [3.05, 3.63) is 61.7 Å². The molecule has 498 valence electrons. The van der Waals surface area contributed by atoms with Crippen LogP contribution in [0.2, 0.25) is 0 Å². The van der Waals surface area contributed by atoms with E-state index in [2.05, 4.69) is 49.8 Å². The van der Waals surface area contributed by atoms with Crippen LogP contribution in [-0.4, -0.2) is 220 Å². The maximum atomic E-state index is 15.2. The number of aliphatic hydroxyl groups is 1. The van der Waals surface area contributed by atoms with E-state index < -0.39 is 64.6 Å². The molecule has 1 fully saturated rings. The summed E-state index contributed by atoms with van der Waals surface area (Å²) in [5.74, 6) is -4.60. The number of benzene rings is 1. The molecule has 91 heavy (non-hydrogen) atoms. The number of nitrogens with zero attached hydrogens (tertiary/aromatic N) is 4. The standard InChI is InChI=1S/C32H32FN5O8.C27H48N6O11S/c1-3-32(44)19-8-23-28-17(11-38(23)30(42)18(19)12-46-31(32)43)27-21(5-4-16-15(2)20(33)9-22(35-28)26(16)27)36-29(41)24-13-45-7-6-37(24)25(40)10-34-14-39;1-3-28-24(37)17-31-26(39)19-32-25(38)18-30-23(36)5-8-41-10-12-43-14-15-44-13-11-42-9-6-29-22(35)4-7-33(20-34)27(40)16-21(2)45/h8-9,14,21,24,44H,3-7,10-13H2,1-2H3,(H,34,39)(H,36,41);20-21,45H,3-19H2,1-2H3,(H,28,37)(H,29,35)(H,30,36)(H,31,39)(H,32,38). The van der Waals surface area contributed by atoms with Gasteiger partial charge in [-0.1, -0.05) is 13.8 Å². The number of nitrogens with one attached hydrogen (secondary N) is 7. The fraction of sp³-hybridized carbons (Fsp3) is 0.576. The number of carbonyl (C=O) groups is 11. The molecule has 32 heteroatoms. The molecule has 5 heterocycles. The number of hydrogen-bond donors (Lipinski definition) is 9. The van der Waals surface area contributed by atoms with Crippen molar-refractivity contribution >= 4 is 89.6 Å². The SMILES string of the molecule is CCC1(O)C(=O)OCc2c1cc1n(c2=O)Cc2c-1nc1cc(F)c(C)c3c1c2C(NC(=O)C1COCCN1C(=O)CNC=O)CC3.CCNC(=O)CNC(=O)CNC(=O)CNC(=O)CCOCCOCCOCCOCCNC(=O)CCN(C=O)C(=O)CC(C)S. The fourth-order valence-corrected chi connectivity index (χ4v) is 10.6. The third-order valence-electron chi connectivity index (χ3n) is 15.2. The van der Waals surface area contributed by atoms with Crippen molar-refractivity contribution in [3.8, 4) is 11.4 Å². The third kappa shape index (κ3) is 19.7. The molecule has 8 N–H and O–H groups in total. The lowest BCUT2D eigenvalue weighted by Crippen LogP contribution is -2.57. The largest absolute Gasteiger partial charge is 0.458 e. The number of fused-ring (bicyclic) bond motifs is 5. The Labute approximate surface area is 528 Å². The number of cyclic esters (lactones) is 1. The average molecular weight is 1300 g/mol. The topological polar surface area (TPSA) is 389 Å². The Bertz CT molecular complexity index is 3220. The summed E-state index contributed by atoms with van der Waals surface area (Å²) in [6, 6.07) is 1.42. The molecular weight excluding hydrogens is 1220 g/mol. The molecule has 4 unspecified atom stereocenters. The second kappa shape index (κ2) is 35.6. The Hall–Kier alpha value is -8.01. The number of morpholine rings is 1. The minimum Gasteiger partial charge on any atom is -0.458 e. The summed E-state index contributed by atoms with van der Waals surface area (Å²) in [7, 11) is 0. The van der Waals surface area contributed by atoms with Crippen LogP contribution in [0, 0.1) is 12.7 Å². The summed E-state index contributed by atoms with van der Waals surface area (Å²) >= 11 is 4.12. The first-order valence-electron chi connectivity index (χ1n) is 29.9. The number of pyridine rings is 2. The molecule has 1 aromatic carbocycles. The fourth-order valence-electron chi connectivity index (χ4n) is 10.4. The van der Waals surface area contributed by atoms with Crippen LogP contribution in [0.4, 0.5) is 4.39 Å². The van der Waals surface area contributed by atoms with Gasteiger partial charge in [-0.3, -0.25) is 57.6 Å². The number of rotatable bonds is 34. The van der Waals surface area contributed by atoms with Crippen LogP contribution in [0.25, 0.3) is 22.3 Å². The van der Waals surface area contributed by atoms with Gasteiger partial charge in [0.15, 0.2) is 5.60 Å². The van der Waals surface area contributed by atoms with Crippen molar-refractivity contribution in [3.63, 3.8) is 0 Å². The van der Waals surface area contributed by atoms with Crippen LogP contribution < -0.4 is 42.8 Å². The molecule has 2 aromatic heterocycles. The number of thiol groups is 1. The Morgan fingerprint density at radius 3 is 2.09 bits per heavy atom. The normalized spacial score (nSPS) is 17.1. The third-order valence-corrected chi connectivity index (χ3v) is 15.3. The zero-order valence-corrected chi connectivity index (χ0v) is 52.2. The quantitative estimate of drug-likeness (QED) is 0.0103. The lowest BCUT2D eigenvalue weighted by atomic mass is 9.81. The second-order valence-electron chi connectivity index (χ2n) is 21.4. The Balaban J connectivity index is 0.000000290. The molecule has 1 saturated heterocycles. The minimum atomic E-state index is -2.00. The predicted molar refractivity (Wildman–Crippen MR) is 323 cm³/mol. The van der Waals surface area contributed by atoms with E-state index in [4.69, 9.17) is 33.4 Å². The lowest BCUT2D eigenvalue weighted by Gasteiger charge is -2.36. The summed E-state index contributed by atoms with van der Waals surface area (Å²) in [6.45, 7) is 9.07. The zero-order chi connectivity index (χ0) is 66.2. The van der Waals surface area contributed by atoms with Gasteiger partial charge in [0.25, 0.3) is 5.56 Å². The highest BCUT2D eigenvalue weighted by molar-refractivity contribution is 7.80. The Kier molecular flexibility index (Phi) is 28.2. The van der Waals surface area contributed by atoms with Gasteiger partial charge in [-0.15, -0.1) is 0 Å². The van der Waals surface area contributed by atoms with Crippen molar-refractivity contribution in [1.82, 2.24) is 56.6 Å². The minimum absolute atomic E-state index is 0.00305. The maximum absolute atomic E-state index is 15.2. The number of aromatic nitrogens is 2. The lowest BCUT2D eigenvalue weighted by molar-refractivity contribution is -0.172. The van der Waals surface area contributed by atoms with Crippen molar-refractivity contribution in [1.29, 1.82) is 0 Å². The molecular formula is C59H80FN11O19S. The molecule has 4 aliphatic rings. The number of carbonyl (C=O) groups excluding carboxylic acids is 11. The summed E-state index contributed by atoms with van der Waals surface area (Å²) in [4.78, 5) is 152. The number of hydrogen-bond acceptors (Lipinski definition) is 21. The van der Waals surface area contributed by atoms with Gasteiger partial charge in [-0.25, -0.2) is 14.2 Å². The van der Waals surface area contributed by atoms with E-state index in [1.807, 2.05) is 0 Å². The van der Waals surface area contributed by atoms with E-state index in [1.165, 1.54) is 15.5 Å². The van der Waals surface area contributed by atoms with Gasteiger partial charge in [0.2, 0.25) is 60.1 Å². The summed E-state index contributed by atoms with van der Waals surface area (Å²) in [6.07, 6.45) is 1.86. The zero-order valence-electron chi connectivity index (χ0n) is 51.3. The van der Waals surface area contributed by atoms with E-state index in [1.54, 1.807) is 33.8 Å². The molecule has 4 atom stereocenters. The van der Waals surface area contributed by atoms with E-state index in [0.29, 0.717) is 104 Å². The molecule has 7 rings (SSSR count). The first-order valence-corrected chi connectivity index (χ1v) is 30.4. The smallest absolute Gasteiger partial charge is 0.343 e. The van der Waals surface area contributed by atoms with E-state index in [-0.39, 0.29) is 152 Å². The van der Waals surface area contributed by atoms with Crippen LogP contribution in [0.15, 0.2) is 16.9 Å². The number of aryl methyl sites for hydroxylation is 1. The van der Waals surface area contributed by atoms with Crippen LogP contribution in [0.3, 0.4) is 0 Å². The Morgan fingerprint density at radius 1 is 0.835 bits per heavy atom. The molecule has 0 bridgehead atoms. The van der Waals surface area contributed by atoms with E-state index >= 15 is 4.39 Å². The molecule has 0 spiro atoms. The summed E-state index contributed by atoms with van der Waals surface area (Å²) in [5.41, 5.74) is 1.64. The second-order valence-corrected chi connectivity index (χ2v) is 22.3. The van der Waals surface area contributed by atoms with Crippen LogP contribution in [0.1, 0.15) is 92.3 Å². The molecule has 0 saturated carbocycles. The van der Waals surface area contributed by atoms with Crippen molar-refractivity contribution in [2.45, 2.75) is 102 Å². The number of imide groups is 1. The Morgan fingerprint density at radius 2 is 1.46 bits per heavy atom. The van der Waals surface area contributed by atoms with Crippen LogP contribution >= 0.6 is 12.6 Å². The van der Waals surface area contributed by atoms with Crippen molar-refractivity contribution < 1.29 is 90.7 Å². The highest BCUT2D eigenvalue weighted by Gasteiger charge is 2.46. The number of halogens is 1. The maximum Gasteiger partial charge on any atom is 0.343 e. The first kappa shape index (κ1) is 72.1. The molecule has 3 aromatic rings. The van der Waals surface area contributed by atoms with Crippen molar-refractivity contribution in [2.75, 3.05) is 118 Å². The monoisotopic (exact) mass is 1300 g/mol. The van der Waals surface area contributed by atoms with E-state index in [9.17, 15) is 62.6 Å². The van der Waals surface area contributed by atoms with Gasteiger partial charge in [0.1, 0.15) is 18.5 Å². The first-order chi connectivity index (χ1) is 43.7. The van der Waals surface area contributed by atoms with Crippen LogP contribution in [0.5, 0.6) is 0 Å². The highest BCUT2D eigenvalue weighted by Crippen LogP contribution is 2.46. The molecule has 0 radical (unpaired) electrons. The van der Waals surface area contributed by atoms with Gasteiger partial charge in [0.05, 0.1) is 127 Å². The number of likely N-dealkylation sites (N-methyl/N-ethyl adjacent to an activating group) is 1. The van der Waals surface area contributed by atoms with Gasteiger partial charge in [-0.2, -0.15) is 12.6 Å². The van der Waals surface area contributed by atoms with Gasteiger partial charge < -0.3 is 80.2 Å². The summed E-state index contributed by atoms with van der Waals surface area (Å²) < 4.78 is 48.9. The van der Waals surface area contributed by atoms with Crippen LogP contribution in [-0.2, 0) is 106 Å². The van der Waals surface area contributed by atoms with Gasteiger partial charge in [0, 0.05) is 73.3 Å². The summed E-state index contributed by atoms with van der Waals surface area (Å²) in [5, 5.41) is 29.5. The van der Waals surface area contributed by atoms with Crippen molar-refractivity contribution in [2.24, 2.45) is 0 Å². The number of ether oxygens (including phenoxy) is 6.